The van der Waals surface area contributed by atoms with E-state index in [4.69, 9.17) is 0 Å². The van der Waals surface area contributed by atoms with Gasteiger partial charge in [-0.05, 0) is 44.6 Å². The van der Waals surface area contributed by atoms with E-state index in [9.17, 15) is 8.78 Å². The topological polar surface area (TPSA) is 0 Å². The smallest absolute Gasteiger partial charge is 0.140 e. The molecule has 1 rings (SSSR count). The van der Waals surface area contributed by atoms with E-state index in [-0.39, 0.29) is 0 Å². The summed E-state index contributed by atoms with van der Waals surface area (Å²) in [5, 5.41) is 0. The molecule has 0 fully saturated rings. The minimum Gasteiger partial charge on any atom is -0.206 e. The van der Waals surface area contributed by atoms with E-state index in [1.807, 2.05) is 0 Å². The molecule has 0 heterocycles. The van der Waals surface area contributed by atoms with Gasteiger partial charge in [0.25, 0.3) is 0 Å². The number of benzene rings is 1. The molecule has 0 amide bonds. The number of hydrogen-bond acceptors (Lipinski definition) is 0. The Morgan fingerprint density at radius 1 is 1.20 bits per heavy atom. The average Bonchev–Trinajstić information content (AvgIpc) is 1.84. The number of rotatable bonds is 0. The predicted octanol–water partition coefficient (Wildman–Crippen LogP) is 3.33. The summed E-state index contributed by atoms with van der Waals surface area (Å²) in [5.74, 6) is -1.10. The van der Waals surface area contributed by atoms with E-state index >= 15 is 0 Å². The summed E-state index contributed by atoms with van der Waals surface area (Å²) in [7, 11) is 0. The molecule has 0 radical (unpaired) electrons. The summed E-state index contributed by atoms with van der Waals surface area (Å²) >= 11 is 4.73. The van der Waals surface area contributed by atoms with E-state index in [2.05, 4.69) is 15.9 Å². The molecule has 0 atom stereocenters. The van der Waals surface area contributed by atoms with Gasteiger partial charge >= 0.3 is 0 Å². The molecule has 0 bridgehead atoms. The summed E-state index contributed by atoms with van der Waals surface area (Å²) in [6.45, 7) is 0. The Morgan fingerprint density at radius 3 is 2.30 bits per heavy atom. The lowest BCUT2D eigenvalue weighted by molar-refractivity contribution is 0.574. The second kappa shape index (κ2) is 3.13. The van der Waals surface area contributed by atoms with E-state index in [0.29, 0.717) is 8.04 Å². The first-order valence-corrected chi connectivity index (χ1v) is 4.28. The van der Waals surface area contributed by atoms with Gasteiger partial charge in [0.1, 0.15) is 11.6 Å². The van der Waals surface area contributed by atoms with E-state index < -0.39 is 11.6 Å². The Labute approximate surface area is 78.9 Å². The van der Waals surface area contributed by atoms with Crippen LogP contribution in [0.5, 0.6) is 0 Å². The van der Waals surface area contributed by atoms with Crippen molar-refractivity contribution in [2.24, 2.45) is 0 Å². The molecule has 0 aliphatic heterocycles. The maximum atomic E-state index is 12.5. The summed E-state index contributed by atoms with van der Waals surface area (Å²) < 4.78 is 25.7. The fraction of sp³-hybridized carbons (Fsp3) is 0. The van der Waals surface area contributed by atoms with Crippen LogP contribution < -0.4 is 0 Å². The third-order valence-corrected chi connectivity index (χ3v) is 2.40. The predicted molar refractivity (Wildman–Crippen MR) is 46.8 cm³/mol. The van der Waals surface area contributed by atoms with Crippen LogP contribution in [-0.2, 0) is 0 Å². The largest absolute Gasteiger partial charge is 0.206 e. The highest BCUT2D eigenvalue weighted by molar-refractivity contribution is 14.1. The molecule has 0 nitrogen and oxygen atoms in total. The standard InChI is InChI=1S/C6H2BrF2I/c7-3-1-6(10)5(9)2-4(3)8/h1-2H. The van der Waals surface area contributed by atoms with Crippen LogP contribution in [0.15, 0.2) is 16.6 Å². The van der Waals surface area contributed by atoms with E-state index in [1.54, 1.807) is 22.6 Å². The fourth-order valence-electron chi connectivity index (χ4n) is 0.498. The van der Waals surface area contributed by atoms with Crippen LogP contribution in [0.4, 0.5) is 8.78 Å². The zero-order chi connectivity index (χ0) is 7.72. The van der Waals surface area contributed by atoms with Crippen LogP contribution in [0.1, 0.15) is 0 Å². The molecule has 54 valence electrons. The van der Waals surface area contributed by atoms with Gasteiger partial charge in [-0.25, -0.2) is 8.78 Å². The molecule has 0 N–H and O–H groups in total. The lowest BCUT2D eigenvalue weighted by Gasteiger charge is -1.95. The van der Waals surface area contributed by atoms with Crippen molar-refractivity contribution in [1.82, 2.24) is 0 Å². The lowest BCUT2D eigenvalue weighted by Crippen LogP contribution is -1.84. The van der Waals surface area contributed by atoms with E-state index in [1.165, 1.54) is 6.07 Å². The third-order valence-electron chi connectivity index (χ3n) is 0.963. The van der Waals surface area contributed by atoms with Gasteiger partial charge in [0, 0.05) is 6.07 Å². The minimum absolute atomic E-state index is 0.290. The van der Waals surface area contributed by atoms with Gasteiger partial charge in [-0.1, -0.05) is 0 Å². The van der Waals surface area contributed by atoms with Crippen molar-refractivity contribution in [2.75, 3.05) is 0 Å². The quantitative estimate of drug-likeness (QED) is 0.508. The summed E-state index contributed by atoms with van der Waals surface area (Å²) in [5.41, 5.74) is 0. The first-order valence-electron chi connectivity index (χ1n) is 2.41. The molecule has 0 saturated heterocycles. The highest BCUT2D eigenvalue weighted by Gasteiger charge is 2.04. The van der Waals surface area contributed by atoms with Gasteiger partial charge in [0.2, 0.25) is 0 Å². The molecule has 0 aliphatic carbocycles. The fourth-order valence-corrected chi connectivity index (χ4v) is 1.74. The lowest BCUT2D eigenvalue weighted by atomic mass is 10.3. The highest BCUT2D eigenvalue weighted by atomic mass is 127. The average molecular weight is 319 g/mol. The molecule has 0 saturated carbocycles. The van der Waals surface area contributed by atoms with Crippen molar-refractivity contribution in [3.8, 4) is 0 Å². The van der Waals surface area contributed by atoms with Crippen LogP contribution in [-0.4, -0.2) is 0 Å². The Kier molecular flexibility index (Phi) is 2.62. The molecule has 0 unspecified atom stereocenters. The maximum Gasteiger partial charge on any atom is 0.140 e. The van der Waals surface area contributed by atoms with Crippen LogP contribution in [0.25, 0.3) is 0 Å². The summed E-state index contributed by atoms with van der Waals surface area (Å²) in [6, 6.07) is 2.25. The monoisotopic (exact) mass is 318 g/mol. The van der Waals surface area contributed by atoms with E-state index in [0.717, 1.165) is 6.07 Å². The molecule has 1 aromatic carbocycles. The molecule has 1 aromatic rings. The van der Waals surface area contributed by atoms with Crippen LogP contribution >= 0.6 is 38.5 Å². The van der Waals surface area contributed by atoms with Gasteiger partial charge in [0.05, 0.1) is 8.04 Å². The maximum absolute atomic E-state index is 12.5. The number of halogens is 4. The van der Waals surface area contributed by atoms with Crippen LogP contribution in [0, 0.1) is 15.2 Å². The normalized spacial score (nSPS) is 10.0. The van der Waals surface area contributed by atoms with Crippen molar-refractivity contribution in [1.29, 1.82) is 0 Å². The minimum atomic E-state index is -0.571. The Balaban J connectivity index is 3.28. The van der Waals surface area contributed by atoms with Gasteiger partial charge in [-0.2, -0.15) is 0 Å². The molecule has 4 heteroatoms. The van der Waals surface area contributed by atoms with Crippen LogP contribution in [0.2, 0.25) is 0 Å². The number of hydrogen-bond donors (Lipinski definition) is 0. The van der Waals surface area contributed by atoms with Gasteiger partial charge in [-0.15, -0.1) is 0 Å². The van der Waals surface area contributed by atoms with Crippen molar-refractivity contribution >= 4 is 38.5 Å². The first-order chi connectivity index (χ1) is 4.61. The summed E-state index contributed by atoms with van der Waals surface area (Å²) in [4.78, 5) is 0. The van der Waals surface area contributed by atoms with Crippen molar-refractivity contribution in [3.63, 3.8) is 0 Å². The zero-order valence-corrected chi connectivity index (χ0v) is 8.41. The Morgan fingerprint density at radius 2 is 1.80 bits per heavy atom. The second-order valence-electron chi connectivity index (χ2n) is 1.68. The molecule has 0 aliphatic rings. The molecular formula is C6H2BrF2I. The Bertz CT molecular complexity index is 212. The first kappa shape index (κ1) is 8.39. The molecule has 0 aromatic heterocycles. The zero-order valence-electron chi connectivity index (χ0n) is 4.67. The SMILES string of the molecule is Fc1cc(F)c(I)cc1Br. The third kappa shape index (κ3) is 1.66. The van der Waals surface area contributed by atoms with Crippen molar-refractivity contribution in [2.45, 2.75) is 0 Å². The van der Waals surface area contributed by atoms with Gasteiger partial charge < -0.3 is 0 Å². The second-order valence-corrected chi connectivity index (χ2v) is 3.70. The van der Waals surface area contributed by atoms with Gasteiger partial charge in [-0.3, -0.25) is 0 Å². The van der Waals surface area contributed by atoms with Crippen molar-refractivity contribution < 1.29 is 8.78 Å². The Hall–Kier alpha value is 0.290. The van der Waals surface area contributed by atoms with Crippen LogP contribution in [0.3, 0.4) is 0 Å². The van der Waals surface area contributed by atoms with Gasteiger partial charge in [0.15, 0.2) is 0 Å². The highest BCUT2D eigenvalue weighted by Crippen LogP contribution is 2.20. The molecule has 10 heavy (non-hydrogen) atoms. The molecule has 0 spiro atoms. The summed E-state index contributed by atoms with van der Waals surface area (Å²) in [6.07, 6.45) is 0. The van der Waals surface area contributed by atoms with Crippen molar-refractivity contribution in [3.05, 3.63) is 31.8 Å². The molecular weight excluding hydrogens is 317 g/mol.